The van der Waals surface area contributed by atoms with E-state index >= 15 is 0 Å². The van der Waals surface area contributed by atoms with Gasteiger partial charge in [-0.1, -0.05) is 17.7 Å². The molecule has 1 rings (SSSR count). The number of hydrogen-bond donors (Lipinski definition) is 2. The Kier molecular flexibility index (Phi) is 3.85. The van der Waals surface area contributed by atoms with Crippen molar-refractivity contribution in [3.63, 3.8) is 0 Å². The standard InChI is InChI=1S/C9H9ClFNO2/c10-7-3-6(1-2-8(7)11)9(4-13)12-5-14/h1-3,5,9,13H,4H2,(H,12,14). The Balaban J connectivity index is 2.93. The highest BCUT2D eigenvalue weighted by molar-refractivity contribution is 6.30. The number of aliphatic hydroxyl groups is 1. The number of aliphatic hydroxyl groups excluding tert-OH is 1. The van der Waals surface area contributed by atoms with Crippen LogP contribution >= 0.6 is 11.6 Å². The van der Waals surface area contributed by atoms with Gasteiger partial charge in [-0.2, -0.15) is 0 Å². The second-order valence-electron chi connectivity index (χ2n) is 2.69. The first kappa shape index (κ1) is 10.9. The summed E-state index contributed by atoms with van der Waals surface area (Å²) in [6.07, 6.45) is 0.470. The van der Waals surface area contributed by atoms with Crippen LogP contribution in [0, 0.1) is 5.82 Å². The normalized spacial score (nSPS) is 12.2. The number of rotatable bonds is 4. The Bertz CT molecular complexity index is 333. The molecule has 14 heavy (non-hydrogen) atoms. The average molecular weight is 218 g/mol. The van der Waals surface area contributed by atoms with Crippen molar-refractivity contribution in [2.45, 2.75) is 6.04 Å². The predicted octanol–water partition coefficient (Wildman–Crippen LogP) is 1.26. The number of benzene rings is 1. The lowest BCUT2D eigenvalue weighted by molar-refractivity contribution is -0.110. The second kappa shape index (κ2) is 4.93. The maximum absolute atomic E-state index is 12.8. The summed E-state index contributed by atoms with van der Waals surface area (Å²) in [7, 11) is 0. The minimum Gasteiger partial charge on any atom is -0.394 e. The van der Waals surface area contributed by atoms with Gasteiger partial charge < -0.3 is 10.4 Å². The van der Waals surface area contributed by atoms with Crippen LogP contribution in [0.15, 0.2) is 18.2 Å². The van der Waals surface area contributed by atoms with Gasteiger partial charge in [0, 0.05) is 0 Å². The van der Waals surface area contributed by atoms with Crippen molar-refractivity contribution in [1.82, 2.24) is 5.32 Å². The second-order valence-corrected chi connectivity index (χ2v) is 3.10. The topological polar surface area (TPSA) is 49.3 Å². The van der Waals surface area contributed by atoms with Crippen LogP contribution in [-0.2, 0) is 4.79 Å². The van der Waals surface area contributed by atoms with Crippen molar-refractivity contribution in [3.05, 3.63) is 34.6 Å². The molecule has 0 radical (unpaired) electrons. The van der Waals surface area contributed by atoms with Crippen LogP contribution in [0.25, 0.3) is 0 Å². The van der Waals surface area contributed by atoms with Crippen LogP contribution in [0.1, 0.15) is 11.6 Å². The van der Waals surface area contributed by atoms with Crippen LogP contribution in [-0.4, -0.2) is 18.1 Å². The molecule has 0 aliphatic heterocycles. The number of amides is 1. The molecular weight excluding hydrogens is 209 g/mol. The molecule has 5 heteroatoms. The highest BCUT2D eigenvalue weighted by Crippen LogP contribution is 2.20. The van der Waals surface area contributed by atoms with E-state index in [4.69, 9.17) is 16.7 Å². The van der Waals surface area contributed by atoms with Gasteiger partial charge in [-0.25, -0.2) is 4.39 Å². The molecule has 76 valence electrons. The zero-order valence-electron chi connectivity index (χ0n) is 7.21. The molecule has 1 unspecified atom stereocenters. The molecule has 0 heterocycles. The molecule has 0 aromatic heterocycles. The summed E-state index contributed by atoms with van der Waals surface area (Å²) in [5, 5.41) is 11.3. The Morgan fingerprint density at radius 1 is 1.64 bits per heavy atom. The molecule has 1 amide bonds. The van der Waals surface area contributed by atoms with Gasteiger partial charge in [-0.3, -0.25) is 4.79 Å². The fraction of sp³-hybridized carbons (Fsp3) is 0.222. The fourth-order valence-corrected chi connectivity index (χ4v) is 1.25. The summed E-state index contributed by atoms with van der Waals surface area (Å²) in [6.45, 7) is -0.263. The number of nitrogens with one attached hydrogen (secondary N) is 1. The number of carbonyl (C=O) groups is 1. The van der Waals surface area contributed by atoms with Crippen molar-refractivity contribution in [2.24, 2.45) is 0 Å². The van der Waals surface area contributed by atoms with Gasteiger partial charge in [0.05, 0.1) is 17.7 Å². The molecular formula is C9H9ClFNO2. The van der Waals surface area contributed by atoms with Crippen LogP contribution in [0.5, 0.6) is 0 Å². The quantitative estimate of drug-likeness (QED) is 0.746. The maximum Gasteiger partial charge on any atom is 0.207 e. The number of halogens is 2. The van der Waals surface area contributed by atoms with E-state index in [1.54, 1.807) is 0 Å². The van der Waals surface area contributed by atoms with Crippen molar-refractivity contribution < 1.29 is 14.3 Å². The van der Waals surface area contributed by atoms with Gasteiger partial charge >= 0.3 is 0 Å². The molecule has 1 aromatic carbocycles. The Morgan fingerprint density at radius 3 is 2.86 bits per heavy atom. The molecule has 0 saturated heterocycles. The lowest BCUT2D eigenvalue weighted by atomic mass is 10.1. The first-order chi connectivity index (χ1) is 6.69. The number of hydrogen-bond acceptors (Lipinski definition) is 2. The van der Waals surface area contributed by atoms with E-state index in [1.165, 1.54) is 18.2 Å². The van der Waals surface area contributed by atoms with Crippen molar-refractivity contribution >= 4 is 18.0 Å². The molecule has 0 spiro atoms. The zero-order valence-corrected chi connectivity index (χ0v) is 7.96. The van der Waals surface area contributed by atoms with Gasteiger partial charge in [0.15, 0.2) is 0 Å². The third kappa shape index (κ3) is 2.43. The molecule has 1 atom stereocenters. The zero-order chi connectivity index (χ0) is 10.6. The SMILES string of the molecule is O=CNC(CO)c1ccc(F)c(Cl)c1. The van der Waals surface area contributed by atoms with Gasteiger partial charge in [-0.05, 0) is 17.7 Å². The van der Waals surface area contributed by atoms with Gasteiger partial charge in [0.25, 0.3) is 0 Å². The number of carbonyl (C=O) groups excluding carboxylic acids is 1. The predicted molar refractivity (Wildman–Crippen MR) is 50.4 cm³/mol. The van der Waals surface area contributed by atoms with Gasteiger partial charge in [-0.15, -0.1) is 0 Å². The average Bonchev–Trinajstić information content (AvgIpc) is 2.19. The minimum atomic E-state index is -0.550. The van der Waals surface area contributed by atoms with Crippen LogP contribution in [0.2, 0.25) is 5.02 Å². The highest BCUT2D eigenvalue weighted by atomic mass is 35.5. The summed E-state index contributed by atoms with van der Waals surface area (Å²) in [5.74, 6) is -0.529. The fourth-order valence-electron chi connectivity index (χ4n) is 1.07. The van der Waals surface area contributed by atoms with Crippen LogP contribution in [0.3, 0.4) is 0 Å². The third-order valence-electron chi connectivity index (χ3n) is 1.80. The minimum absolute atomic E-state index is 0.0337. The van der Waals surface area contributed by atoms with E-state index in [2.05, 4.69) is 5.32 Å². The Hall–Kier alpha value is -1.13. The van der Waals surface area contributed by atoms with Crippen molar-refractivity contribution in [3.8, 4) is 0 Å². The molecule has 0 bridgehead atoms. The molecule has 0 saturated carbocycles. The van der Waals surface area contributed by atoms with E-state index in [9.17, 15) is 9.18 Å². The van der Waals surface area contributed by atoms with Crippen LogP contribution in [0.4, 0.5) is 4.39 Å². The van der Waals surface area contributed by atoms with E-state index in [0.29, 0.717) is 12.0 Å². The molecule has 3 nitrogen and oxygen atoms in total. The first-order valence-corrected chi connectivity index (χ1v) is 4.32. The monoisotopic (exact) mass is 217 g/mol. The van der Waals surface area contributed by atoms with E-state index in [1.807, 2.05) is 0 Å². The maximum atomic E-state index is 12.8. The molecule has 1 aromatic rings. The smallest absolute Gasteiger partial charge is 0.207 e. The van der Waals surface area contributed by atoms with Crippen molar-refractivity contribution in [2.75, 3.05) is 6.61 Å². The summed E-state index contributed by atoms with van der Waals surface area (Å²) >= 11 is 5.54. The summed E-state index contributed by atoms with van der Waals surface area (Å²) in [6, 6.07) is 3.46. The summed E-state index contributed by atoms with van der Waals surface area (Å²) in [5.41, 5.74) is 0.561. The van der Waals surface area contributed by atoms with E-state index in [0.717, 1.165) is 0 Å². The van der Waals surface area contributed by atoms with Crippen LogP contribution < -0.4 is 5.32 Å². The third-order valence-corrected chi connectivity index (χ3v) is 2.09. The molecule has 0 fully saturated rings. The largest absolute Gasteiger partial charge is 0.394 e. The highest BCUT2D eigenvalue weighted by Gasteiger charge is 2.10. The first-order valence-electron chi connectivity index (χ1n) is 3.94. The molecule has 2 N–H and O–H groups in total. The van der Waals surface area contributed by atoms with Crippen molar-refractivity contribution in [1.29, 1.82) is 0 Å². The lowest BCUT2D eigenvalue weighted by Crippen LogP contribution is -2.22. The molecule has 0 aliphatic carbocycles. The van der Waals surface area contributed by atoms with E-state index in [-0.39, 0.29) is 11.6 Å². The summed E-state index contributed by atoms with van der Waals surface area (Å²) < 4.78 is 12.8. The lowest BCUT2D eigenvalue weighted by Gasteiger charge is -2.13. The van der Waals surface area contributed by atoms with Gasteiger partial charge in [0.2, 0.25) is 6.41 Å². The Morgan fingerprint density at radius 2 is 2.36 bits per heavy atom. The Labute approximate surface area is 85.5 Å². The molecule has 0 aliphatic rings. The van der Waals surface area contributed by atoms with Gasteiger partial charge in [0.1, 0.15) is 5.82 Å². The van der Waals surface area contributed by atoms with E-state index < -0.39 is 11.9 Å². The summed E-state index contributed by atoms with van der Waals surface area (Å²) in [4.78, 5) is 10.2.